The number of nitrogens with two attached hydrogens (primary N) is 1. The van der Waals surface area contributed by atoms with Gasteiger partial charge in [0.15, 0.2) is 0 Å². The topological polar surface area (TPSA) is 50.9 Å². The van der Waals surface area contributed by atoms with Crippen molar-refractivity contribution < 1.29 is 0 Å². The van der Waals surface area contributed by atoms with Gasteiger partial charge in [-0.3, -0.25) is 0 Å². The van der Waals surface area contributed by atoms with Gasteiger partial charge in [0, 0.05) is 12.2 Å². The zero-order valence-electron chi connectivity index (χ0n) is 13.4. The van der Waals surface area contributed by atoms with E-state index in [1.54, 1.807) is 0 Å². The predicted octanol–water partition coefficient (Wildman–Crippen LogP) is 3.65. The molecule has 0 radical (unpaired) electrons. The molecule has 114 valence electrons. The Labute approximate surface area is 132 Å². The van der Waals surface area contributed by atoms with Crippen LogP contribution < -0.4 is 11.1 Å². The molecule has 2 bridgehead atoms. The number of nitrogens with zero attached hydrogens (tertiary/aromatic N) is 1. The van der Waals surface area contributed by atoms with E-state index in [2.05, 4.69) is 31.1 Å². The van der Waals surface area contributed by atoms with E-state index < -0.39 is 0 Å². The van der Waals surface area contributed by atoms with Crippen molar-refractivity contribution in [1.82, 2.24) is 4.98 Å². The molecule has 0 aromatic carbocycles. The first-order valence-electron chi connectivity index (χ1n) is 7.77. The van der Waals surface area contributed by atoms with Crippen molar-refractivity contribution in [2.45, 2.75) is 53.0 Å². The molecular formula is C17H25N3S. The lowest BCUT2D eigenvalue weighted by molar-refractivity contribution is 0.155. The lowest BCUT2D eigenvalue weighted by atomic mass is 9.68. The number of aromatic nitrogens is 1. The third kappa shape index (κ3) is 2.15. The first kappa shape index (κ1) is 14.8. The summed E-state index contributed by atoms with van der Waals surface area (Å²) in [6, 6.07) is 2.39. The van der Waals surface area contributed by atoms with Gasteiger partial charge in [0.1, 0.15) is 10.8 Å². The summed E-state index contributed by atoms with van der Waals surface area (Å²) in [6.45, 7) is 9.22. The fraction of sp³-hybridized carbons (Fsp3) is 0.647. The van der Waals surface area contributed by atoms with Gasteiger partial charge < -0.3 is 11.1 Å². The second-order valence-corrected chi connectivity index (χ2v) is 8.15. The summed E-state index contributed by atoms with van der Waals surface area (Å²) >= 11 is 5.23. The fourth-order valence-corrected chi connectivity index (χ4v) is 5.04. The largest absolute Gasteiger partial charge is 0.389 e. The second kappa shape index (κ2) is 4.67. The van der Waals surface area contributed by atoms with E-state index in [1.807, 2.05) is 19.2 Å². The second-order valence-electron chi connectivity index (χ2n) is 7.71. The maximum absolute atomic E-state index is 5.92. The molecule has 1 heterocycles. The zero-order valence-corrected chi connectivity index (χ0v) is 14.2. The van der Waals surface area contributed by atoms with Gasteiger partial charge in [-0.1, -0.05) is 33.0 Å². The molecule has 3 atom stereocenters. The quantitative estimate of drug-likeness (QED) is 0.837. The zero-order chi connectivity index (χ0) is 15.4. The van der Waals surface area contributed by atoms with Gasteiger partial charge in [-0.2, -0.15) is 0 Å². The van der Waals surface area contributed by atoms with Crippen molar-refractivity contribution in [3.63, 3.8) is 0 Å². The minimum Gasteiger partial charge on any atom is -0.389 e. The Bertz CT molecular complexity index is 591. The smallest absolute Gasteiger partial charge is 0.136 e. The van der Waals surface area contributed by atoms with Crippen LogP contribution in [0.25, 0.3) is 0 Å². The summed E-state index contributed by atoms with van der Waals surface area (Å²) in [5.74, 6) is 1.66. The highest BCUT2D eigenvalue weighted by atomic mass is 32.1. The molecule has 1 aromatic rings. The molecule has 4 heteroatoms. The summed E-state index contributed by atoms with van der Waals surface area (Å²) in [4.78, 5) is 4.95. The van der Waals surface area contributed by atoms with Crippen molar-refractivity contribution >= 4 is 23.0 Å². The maximum atomic E-state index is 5.92. The number of thiocarbonyl (C=S) groups is 1. The molecular weight excluding hydrogens is 278 g/mol. The summed E-state index contributed by atoms with van der Waals surface area (Å²) in [6.07, 6.45) is 5.80. The number of hydrogen-bond donors (Lipinski definition) is 2. The number of rotatable bonds is 3. The molecule has 0 spiro atoms. The average Bonchev–Trinajstić information content (AvgIpc) is 2.85. The van der Waals surface area contributed by atoms with Crippen LogP contribution in [0.5, 0.6) is 0 Å². The van der Waals surface area contributed by atoms with Crippen LogP contribution in [0, 0.1) is 23.7 Å². The van der Waals surface area contributed by atoms with Crippen LogP contribution in [-0.2, 0) is 0 Å². The number of aryl methyl sites for hydroxylation is 1. The molecule has 1 aromatic heterocycles. The van der Waals surface area contributed by atoms with Gasteiger partial charge in [0.2, 0.25) is 0 Å². The normalized spacial score (nSPS) is 33.1. The van der Waals surface area contributed by atoms with Crippen molar-refractivity contribution in [2.24, 2.45) is 22.5 Å². The summed E-state index contributed by atoms with van der Waals surface area (Å²) in [7, 11) is 0. The highest BCUT2D eigenvalue weighted by molar-refractivity contribution is 7.80. The van der Waals surface area contributed by atoms with Gasteiger partial charge in [-0.15, -0.1) is 0 Å². The summed E-state index contributed by atoms with van der Waals surface area (Å²) < 4.78 is 0. The van der Waals surface area contributed by atoms with Crippen LogP contribution in [-0.4, -0.2) is 16.0 Å². The van der Waals surface area contributed by atoms with Crippen LogP contribution in [0.3, 0.4) is 0 Å². The molecule has 21 heavy (non-hydrogen) atoms. The van der Waals surface area contributed by atoms with Gasteiger partial charge in [-0.05, 0) is 54.6 Å². The van der Waals surface area contributed by atoms with Crippen molar-refractivity contribution in [2.75, 3.05) is 5.32 Å². The third-order valence-corrected chi connectivity index (χ3v) is 6.16. The molecule has 3 rings (SSSR count). The van der Waals surface area contributed by atoms with Gasteiger partial charge in [-0.25, -0.2) is 4.98 Å². The molecule has 3 nitrogen and oxygen atoms in total. The van der Waals surface area contributed by atoms with E-state index in [9.17, 15) is 0 Å². The molecule has 0 saturated heterocycles. The fourth-order valence-electron chi connectivity index (χ4n) is 4.78. The Kier molecular flexibility index (Phi) is 3.28. The standard InChI is InChI=1S/C17H25N3S/c1-10-6-8-19-14(12(10)13(18)21)20-15-16(2,3)11-5-7-17(15,4)9-11/h6,8,11,15H,5,7,9H2,1-4H3,(H2,18,21)(H,19,20). The van der Waals surface area contributed by atoms with E-state index in [0.29, 0.717) is 16.4 Å². The minimum absolute atomic E-state index is 0.284. The lowest BCUT2D eigenvalue weighted by Crippen LogP contribution is -2.46. The SMILES string of the molecule is Cc1ccnc(NC2C3(C)CCC(C3)C2(C)C)c1C(N)=S. The number of fused-ring (bicyclic) bond motifs is 2. The molecule has 3 N–H and O–H groups in total. The van der Waals surface area contributed by atoms with Crippen LogP contribution in [0.1, 0.15) is 51.2 Å². The minimum atomic E-state index is 0.284. The Morgan fingerprint density at radius 2 is 2.14 bits per heavy atom. The van der Waals surface area contributed by atoms with Gasteiger partial charge in [0.05, 0.1) is 5.56 Å². The van der Waals surface area contributed by atoms with Crippen molar-refractivity contribution in [3.8, 4) is 0 Å². The first-order valence-corrected chi connectivity index (χ1v) is 8.18. The monoisotopic (exact) mass is 303 g/mol. The van der Waals surface area contributed by atoms with Gasteiger partial charge in [0.25, 0.3) is 0 Å². The maximum Gasteiger partial charge on any atom is 0.136 e. The van der Waals surface area contributed by atoms with Crippen LogP contribution in [0.4, 0.5) is 5.82 Å². The Morgan fingerprint density at radius 1 is 1.43 bits per heavy atom. The van der Waals surface area contributed by atoms with Crippen molar-refractivity contribution in [3.05, 3.63) is 23.4 Å². The molecule has 0 amide bonds. The number of hydrogen-bond acceptors (Lipinski definition) is 3. The van der Waals surface area contributed by atoms with Crippen LogP contribution >= 0.6 is 12.2 Å². The van der Waals surface area contributed by atoms with E-state index >= 15 is 0 Å². The molecule has 2 fully saturated rings. The summed E-state index contributed by atoms with van der Waals surface area (Å²) in [5, 5.41) is 3.72. The predicted molar refractivity (Wildman–Crippen MR) is 91.5 cm³/mol. The highest BCUT2D eigenvalue weighted by Crippen LogP contribution is 2.63. The third-order valence-electron chi connectivity index (χ3n) is 5.96. The molecule has 2 aliphatic rings. The Morgan fingerprint density at radius 3 is 2.71 bits per heavy atom. The van der Waals surface area contributed by atoms with E-state index in [4.69, 9.17) is 18.0 Å². The van der Waals surface area contributed by atoms with Crippen LogP contribution in [0.15, 0.2) is 12.3 Å². The first-order chi connectivity index (χ1) is 9.75. The van der Waals surface area contributed by atoms with E-state index in [1.165, 1.54) is 19.3 Å². The van der Waals surface area contributed by atoms with E-state index in [-0.39, 0.29) is 5.41 Å². The van der Waals surface area contributed by atoms with Gasteiger partial charge >= 0.3 is 0 Å². The molecule has 3 unspecified atom stereocenters. The Balaban J connectivity index is 1.98. The number of pyridine rings is 1. The number of anilines is 1. The highest BCUT2D eigenvalue weighted by Gasteiger charge is 2.59. The number of nitrogens with one attached hydrogen (secondary N) is 1. The lowest BCUT2D eigenvalue weighted by Gasteiger charge is -2.43. The summed E-state index contributed by atoms with van der Waals surface area (Å²) in [5.41, 5.74) is 8.54. The van der Waals surface area contributed by atoms with Crippen LogP contribution in [0.2, 0.25) is 0 Å². The van der Waals surface area contributed by atoms with E-state index in [0.717, 1.165) is 22.9 Å². The molecule has 2 aliphatic carbocycles. The molecule has 0 aliphatic heterocycles. The average molecular weight is 303 g/mol. The van der Waals surface area contributed by atoms with Crippen molar-refractivity contribution in [1.29, 1.82) is 0 Å². The Hall–Kier alpha value is -1.16. The molecule has 2 saturated carbocycles.